The molecule has 0 saturated carbocycles. The van der Waals surface area contributed by atoms with Crippen LogP contribution in [0.4, 0.5) is 5.69 Å². The van der Waals surface area contributed by atoms with Gasteiger partial charge in [-0.2, -0.15) is 0 Å². The van der Waals surface area contributed by atoms with Crippen LogP contribution in [0.15, 0.2) is 24.3 Å². The number of benzene rings is 1. The van der Waals surface area contributed by atoms with Gasteiger partial charge < -0.3 is 15.4 Å². The number of aryl methyl sites for hydroxylation is 1. The Morgan fingerprint density at radius 3 is 2.48 bits per heavy atom. The summed E-state index contributed by atoms with van der Waals surface area (Å²) in [7, 11) is 0. The third-order valence-corrected chi connectivity index (χ3v) is 3.55. The van der Waals surface area contributed by atoms with Crippen LogP contribution in [0.1, 0.15) is 21.7 Å². The van der Waals surface area contributed by atoms with Crippen LogP contribution < -0.4 is 5.32 Å². The van der Waals surface area contributed by atoms with Gasteiger partial charge in [0, 0.05) is 15.7 Å². The average molecular weight is 327 g/mol. The van der Waals surface area contributed by atoms with Crippen molar-refractivity contribution in [3.05, 3.63) is 51.3 Å². The van der Waals surface area contributed by atoms with E-state index in [1.807, 2.05) is 0 Å². The largest absolute Gasteiger partial charge is 0.477 e. The van der Waals surface area contributed by atoms with Gasteiger partial charge in [0.05, 0.1) is 12.1 Å². The zero-order valence-electron chi connectivity index (χ0n) is 11.0. The summed E-state index contributed by atoms with van der Waals surface area (Å²) in [4.78, 5) is 25.8. The van der Waals surface area contributed by atoms with Crippen molar-refractivity contribution < 1.29 is 14.7 Å². The van der Waals surface area contributed by atoms with Crippen LogP contribution in [0, 0.1) is 6.92 Å². The number of anilines is 1. The highest BCUT2D eigenvalue weighted by molar-refractivity contribution is 6.36. The third kappa shape index (κ3) is 3.56. The number of H-pyrrole nitrogens is 1. The minimum Gasteiger partial charge on any atom is -0.477 e. The zero-order chi connectivity index (χ0) is 15.6. The minimum atomic E-state index is -1.14. The minimum absolute atomic E-state index is 0.0399. The van der Waals surface area contributed by atoms with Gasteiger partial charge in [-0.25, -0.2) is 4.79 Å². The molecule has 2 rings (SSSR count). The summed E-state index contributed by atoms with van der Waals surface area (Å²) in [6.07, 6.45) is -0.0399. The molecule has 0 unspecified atom stereocenters. The number of aromatic carboxylic acids is 1. The normalized spacial score (nSPS) is 10.4. The van der Waals surface area contributed by atoms with Crippen LogP contribution in [0.2, 0.25) is 10.0 Å². The predicted octanol–water partition coefficient (Wildman–Crippen LogP) is 3.51. The molecular formula is C14H12Cl2N2O3. The molecule has 7 heteroatoms. The fourth-order valence-electron chi connectivity index (χ4n) is 1.91. The Kier molecular flexibility index (Phi) is 4.55. The highest BCUT2D eigenvalue weighted by atomic mass is 35.5. The summed E-state index contributed by atoms with van der Waals surface area (Å²) in [5.74, 6) is -1.54. The first-order valence-corrected chi connectivity index (χ1v) is 6.79. The monoisotopic (exact) mass is 326 g/mol. The molecule has 0 aliphatic heterocycles. The lowest BCUT2D eigenvalue weighted by molar-refractivity contribution is -0.115. The number of carboxylic acid groups (broad SMARTS) is 1. The van der Waals surface area contributed by atoms with E-state index in [-0.39, 0.29) is 17.8 Å². The van der Waals surface area contributed by atoms with Crippen molar-refractivity contribution in [2.75, 3.05) is 5.32 Å². The van der Waals surface area contributed by atoms with E-state index in [0.29, 0.717) is 21.3 Å². The molecule has 0 fully saturated rings. The van der Waals surface area contributed by atoms with Crippen LogP contribution in [0.5, 0.6) is 0 Å². The third-order valence-electron chi connectivity index (χ3n) is 2.84. The van der Waals surface area contributed by atoms with Crippen LogP contribution in [-0.4, -0.2) is 22.0 Å². The second-order valence-electron chi connectivity index (χ2n) is 4.47. The summed E-state index contributed by atoms with van der Waals surface area (Å²) in [6, 6.07) is 6.51. The van der Waals surface area contributed by atoms with Gasteiger partial charge in [-0.15, -0.1) is 0 Å². The molecule has 1 heterocycles. The van der Waals surface area contributed by atoms with E-state index in [9.17, 15) is 9.59 Å². The molecule has 1 aromatic carbocycles. The molecule has 0 aliphatic rings. The Morgan fingerprint density at radius 2 is 1.90 bits per heavy atom. The van der Waals surface area contributed by atoms with Crippen molar-refractivity contribution >= 4 is 40.8 Å². The lowest BCUT2D eigenvalue weighted by atomic mass is 10.1. The van der Waals surface area contributed by atoms with E-state index in [1.165, 1.54) is 0 Å². The van der Waals surface area contributed by atoms with Crippen molar-refractivity contribution in [3.8, 4) is 0 Å². The van der Waals surface area contributed by atoms with Crippen LogP contribution in [-0.2, 0) is 11.2 Å². The highest BCUT2D eigenvalue weighted by Gasteiger charge is 2.17. The molecule has 21 heavy (non-hydrogen) atoms. The summed E-state index contributed by atoms with van der Waals surface area (Å²) in [5.41, 5.74) is 1.29. The average Bonchev–Trinajstić information content (AvgIpc) is 2.75. The molecule has 1 amide bonds. The Labute approximate surface area is 130 Å². The molecule has 0 aliphatic carbocycles. The van der Waals surface area contributed by atoms with E-state index < -0.39 is 11.9 Å². The fourth-order valence-corrected chi connectivity index (χ4v) is 2.44. The molecule has 110 valence electrons. The van der Waals surface area contributed by atoms with Crippen molar-refractivity contribution in [3.63, 3.8) is 0 Å². The number of carbonyl (C=O) groups excluding carboxylic acids is 1. The second-order valence-corrected chi connectivity index (χ2v) is 5.29. The number of hydrogen-bond donors (Lipinski definition) is 3. The predicted molar refractivity (Wildman–Crippen MR) is 81.3 cm³/mol. The lowest BCUT2D eigenvalue weighted by Crippen LogP contribution is -2.16. The number of nitrogens with one attached hydrogen (secondary N) is 2. The number of hydrogen-bond acceptors (Lipinski definition) is 2. The maximum atomic E-state index is 12.0. The number of carbonyl (C=O) groups is 2. The first-order chi connectivity index (χ1) is 9.88. The fraction of sp³-hybridized carbons (Fsp3) is 0.143. The Hall–Kier alpha value is -1.98. The molecule has 1 aromatic heterocycles. The molecule has 0 spiro atoms. The van der Waals surface area contributed by atoms with Gasteiger partial charge in [0.15, 0.2) is 0 Å². The lowest BCUT2D eigenvalue weighted by Gasteiger charge is -2.07. The Bertz CT molecular complexity index is 690. The summed E-state index contributed by atoms with van der Waals surface area (Å²) >= 11 is 12.0. The summed E-state index contributed by atoms with van der Waals surface area (Å²) in [6.45, 7) is 1.70. The highest BCUT2D eigenvalue weighted by Crippen LogP contribution is 2.25. The SMILES string of the molecule is Cc1cc(NC(=O)Cc2c(Cl)cccc2Cl)c(C(=O)O)[nH]1. The number of carboxylic acids is 1. The summed E-state index contributed by atoms with van der Waals surface area (Å²) in [5, 5.41) is 12.4. The molecular weight excluding hydrogens is 315 g/mol. The number of amides is 1. The van der Waals surface area contributed by atoms with Crippen molar-refractivity contribution in [1.82, 2.24) is 4.98 Å². The first-order valence-electron chi connectivity index (χ1n) is 6.04. The van der Waals surface area contributed by atoms with Crippen LogP contribution in [0.25, 0.3) is 0 Å². The van der Waals surface area contributed by atoms with Gasteiger partial charge in [-0.3, -0.25) is 4.79 Å². The molecule has 0 saturated heterocycles. The van der Waals surface area contributed by atoms with Crippen LogP contribution >= 0.6 is 23.2 Å². The van der Waals surface area contributed by atoms with Gasteiger partial charge in [0.25, 0.3) is 0 Å². The molecule has 0 atom stereocenters. The molecule has 0 radical (unpaired) electrons. The quantitative estimate of drug-likeness (QED) is 0.804. The van der Waals surface area contributed by atoms with Gasteiger partial charge in [0.2, 0.25) is 5.91 Å². The number of rotatable bonds is 4. The molecule has 0 bridgehead atoms. The first kappa shape index (κ1) is 15.4. The van der Waals surface area contributed by atoms with Gasteiger partial charge in [-0.05, 0) is 30.7 Å². The smallest absolute Gasteiger partial charge is 0.354 e. The Morgan fingerprint density at radius 1 is 1.29 bits per heavy atom. The Balaban J connectivity index is 2.18. The molecule has 5 nitrogen and oxygen atoms in total. The van der Waals surface area contributed by atoms with Gasteiger partial charge in [0.1, 0.15) is 5.69 Å². The second kappa shape index (κ2) is 6.20. The maximum Gasteiger partial charge on any atom is 0.354 e. The van der Waals surface area contributed by atoms with Gasteiger partial charge >= 0.3 is 5.97 Å². The topological polar surface area (TPSA) is 82.2 Å². The zero-order valence-corrected chi connectivity index (χ0v) is 12.5. The number of aromatic nitrogens is 1. The van der Waals surface area contributed by atoms with E-state index in [2.05, 4.69) is 10.3 Å². The van der Waals surface area contributed by atoms with E-state index >= 15 is 0 Å². The van der Waals surface area contributed by atoms with E-state index in [0.717, 1.165) is 0 Å². The van der Waals surface area contributed by atoms with Gasteiger partial charge in [-0.1, -0.05) is 29.3 Å². The molecule has 2 aromatic rings. The van der Waals surface area contributed by atoms with E-state index in [4.69, 9.17) is 28.3 Å². The maximum absolute atomic E-state index is 12.0. The number of halogens is 2. The standard InChI is InChI=1S/C14H12Cl2N2O3/c1-7-5-11(13(17-7)14(20)21)18-12(19)6-8-9(15)3-2-4-10(8)16/h2-5,17H,6H2,1H3,(H,18,19)(H,20,21). The van der Waals surface area contributed by atoms with Crippen molar-refractivity contribution in [2.24, 2.45) is 0 Å². The molecule has 3 N–H and O–H groups in total. The number of aromatic amines is 1. The summed E-state index contributed by atoms with van der Waals surface area (Å²) < 4.78 is 0. The van der Waals surface area contributed by atoms with Crippen molar-refractivity contribution in [2.45, 2.75) is 13.3 Å². The van der Waals surface area contributed by atoms with E-state index in [1.54, 1.807) is 31.2 Å². The van der Waals surface area contributed by atoms with Crippen molar-refractivity contribution in [1.29, 1.82) is 0 Å². The van der Waals surface area contributed by atoms with Crippen LogP contribution in [0.3, 0.4) is 0 Å².